The van der Waals surface area contributed by atoms with Crippen molar-refractivity contribution in [2.75, 3.05) is 13.2 Å². The van der Waals surface area contributed by atoms with Crippen LogP contribution in [0.4, 0.5) is 0 Å². The fraction of sp³-hybridized carbons (Fsp3) is 0.917. The van der Waals surface area contributed by atoms with Gasteiger partial charge < -0.3 is 45.2 Å². The summed E-state index contributed by atoms with van der Waals surface area (Å²) in [6.45, 7) is -0.237. The van der Waals surface area contributed by atoms with Crippen molar-refractivity contribution in [2.45, 2.75) is 55.9 Å². The van der Waals surface area contributed by atoms with Gasteiger partial charge in [-0.05, 0) is 6.92 Å². The minimum atomic E-state index is -1.90. The van der Waals surface area contributed by atoms with E-state index in [4.69, 9.17) is 14.6 Å². The molecule has 0 spiro atoms. The lowest BCUT2D eigenvalue weighted by Crippen LogP contribution is -2.58. The van der Waals surface area contributed by atoms with Gasteiger partial charge in [0, 0.05) is 0 Å². The van der Waals surface area contributed by atoms with Gasteiger partial charge in [0.2, 0.25) is 0 Å². The van der Waals surface area contributed by atoms with Crippen LogP contribution in [-0.4, -0.2) is 104 Å². The van der Waals surface area contributed by atoms with Crippen LogP contribution >= 0.6 is 0 Å². The lowest BCUT2D eigenvalue weighted by molar-refractivity contribution is -0.302. The van der Waals surface area contributed by atoms with E-state index in [0.717, 1.165) is 6.92 Å². The van der Waals surface area contributed by atoms with Crippen LogP contribution in [0.1, 0.15) is 6.92 Å². The smallest absolute Gasteiger partial charge is 0.186 e. The molecule has 1 heterocycles. The average Bonchev–Trinajstić information content (AvgIpc) is 2.49. The van der Waals surface area contributed by atoms with Crippen molar-refractivity contribution in [3.8, 4) is 0 Å². The Labute approximate surface area is 126 Å². The summed E-state index contributed by atoms with van der Waals surface area (Å²) in [5, 5.41) is 66.6. The van der Waals surface area contributed by atoms with Crippen LogP contribution in [-0.2, 0) is 14.3 Å². The maximum Gasteiger partial charge on any atom is 0.186 e. The number of carbonyl (C=O) groups excluding carboxylic acids is 1. The molecular formula is C12H22O10. The summed E-state index contributed by atoms with van der Waals surface area (Å²) in [7, 11) is 0. The second kappa shape index (κ2) is 8.24. The molecule has 1 rings (SSSR count). The van der Waals surface area contributed by atoms with Crippen molar-refractivity contribution in [3.63, 3.8) is 0 Å². The predicted octanol–water partition coefficient (Wildman–Crippen LogP) is -4.53. The van der Waals surface area contributed by atoms with Crippen LogP contribution < -0.4 is 0 Å². The minimum absolute atomic E-state index is 0.379. The van der Waals surface area contributed by atoms with Gasteiger partial charge in [-0.15, -0.1) is 0 Å². The predicted molar refractivity (Wildman–Crippen MR) is 68.4 cm³/mol. The molecule has 1 aliphatic rings. The van der Waals surface area contributed by atoms with E-state index < -0.39 is 61.4 Å². The third-order valence-corrected chi connectivity index (χ3v) is 3.39. The van der Waals surface area contributed by atoms with E-state index in [1.165, 1.54) is 0 Å². The summed E-state index contributed by atoms with van der Waals surface area (Å²) in [5.41, 5.74) is 0. The van der Waals surface area contributed by atoms with Gasteiger partial charge in [-0.3, -0.25) is 4.79 Å². The number of hydrogen-bond donors (Lipinski definition) is 7. The highest BCUT2D eigenvalue weighted by atomic mass is 16.7. The van der Waals surface area contributed by atoms with Gasteiger partial charge in [0.25, 0.3) is 0 Å². The normalized spacial score (nSPS) is 34.7. The number of rotatable bonds is 7. The van der Waals surface area contributed by atoms with Gasteiger partial charge in [-0.1, -0.05) is 0 Å². The summed E-state index contributed by atoms with van der Waals surface area (Å²) in [4.78, 5) is 11.1. The SMILES string of the molecule is CC(=O)[C@H](O)[C@@H](O)[C@H](OC1OC[C@H](O)[C@H](O)[C@H]1O)[C@H](O)CO. The van der Waals surface area contributed by atoms with E-state index in [1.54, 1.807) is 0 Å². The highest BCUT2D eigenvalue weighted by Crippen LogP contribution is 2.21. The van der Waals surface area contributed by atoms with Crippen LogP contribution in [0, 0.1) is 0 Å². The van der Waals surface area contributed by atoms with Gasteiger partial charge in [0.15, 0.2) is 12.1 Å². The molecule has 1 aliphatic heterocycles. The molecule has 130 valence electrons. The first-order chi connectivity index (χ1) is 10.2. The second-order valence-electron chi connectivity index (χ2n) is 5.15. The Kier molecular flexibility index (Phi) is 7.25. The van der Waals surface area contributed by atoms with Crippen LogP contribution in [0.2, 0.25) is 0 Å². The largest absolute Gasteiger partial charge is 0.394 e. The van der Waals surface area contributed by atoms with Crippen molar-refractivity contribution in [1.29, 1.82) is 0 Å². The van der Waals surface area contributed by atoms with Crippen LogP contribution in [0.3, 0.4) is 0 Å². The third kappa shape index (κ3) is 4.41. The first-order valence-corrected chi connectivity index (χ1v) is 6.67. The Bertz CT molecular complexity index is 364. The average molecular weight is 326 g/mol. The number of Topliss-reactive ketones (excluding diaryl/α,β-unsaturated/α-hetero) is 1. The van der Waals surface area contributed by atoms with Gasteiger partial charge in [-0.25, -0.2) is 0 Å². The van der Waals surface area contributed by atoms with Crippen LogP contribution in [0.15, 0.2) is 0 Å². The molecule has 22 heavy (non-hydrogen) atoms. The molecule has 1 unspecified atom stereocenters. The van der Waals surface area contributed by atoms with E-state index >= 15 is 0 Å². The molecule has 8 atom stereocenters. The molecule has 1 fully saturated rings. The molecule has 10 heteroatoms. The quantitative estimate of drug-likeness (QED) is 0.241. The number of hydrogen-bond acceptors (Lipinski definition) is 10. The molecule has 0 amide bonds. The molecule has 0 radical (unpaired) electrons. The highest BCUT2D eigenvalue weighted by Gasteiger charge is 2.43. The molecule has 7 N–H and O–H groups in total. The monoisotopic (exact) mass is 326 g/mol. The standard InChI is InChI=1S/C12H22O10/c1-4(14)7(17)9(19)11(5(15)2-13)22-12-10(20)8(18)6(16)3-21-12/h5-13,15-20H,2-3H2,1H3/t5-,6+,7+,8+,9-,10-,11-,12?/m1/s1. The molecule has 10 nitrogen and oxygen atoms in total. The second-order valence-corrected chi connectivity index (χ2v) is 5.15. The molecule has 0 aromatic carbocycles. The summed E-state index contributed by atoms with van der Waals surface area (Å²) < 4.78 is 10.0. The highest BCUT2D eigenvalue weighted by molar-refractivity contribution is 5.80. The number of aliphatic hydroxyl groups excluding tert-OH is 7. The number of ether oxygens (including phenoxy) is 2. The van der Waals surface area contributed by atoms with Crippen LogP contribution in [0.5, 0.6) is 0 Å². The number of ketones is 1. The first-order valence-electron chi connectivity index (χ1n) is 6.67. The zero-order valence-corrected chi connectivity index (χ0v) is 11.9. The van der Waals surface area contributed by atoms with Crippen molar-refractivity contribution >= 4 is 5.78 Å². The van der Waals surface area contributed by atoms with Gasteiger partial charge >= 0.3 is 0 Å². The molecule has 0 aromatic rings. The van der Waals surface area contributed by atoms with Gasteiger partial charge in [0.05, 0.1) is 13.2 Å². The summed E-state index contributed by atoms with van der Waals surface area (Å²) in [6, 6.07) is 0. The number of carbonyl (C=O) groups is 1. The summed E-state index contributed by atoms with van der Waals surface area (Å²) in [6.07, 6.45) is -13.3. The first kappa shape index (κ1) is 19.4. The molecule has 0 saturated carbocycles. The molecule has 0 aromatic heterocycles. The lowest BCUT2D eigenvalue weighted by Gasteiger charge is -2.38. The molecule has 0 bridgehead atoms. The third-order valence-electron chi connectivity index (χ3n) is 3.39. The van der Waals surface area contributed by atoms with E-state index in [2.05, 4.69) is 0 Å². The van der Waals surface area contributed by atoms with Crippen molar-refractivity contribution in [1.82, 2.24) is 0 Å². The van der Waals surface area contributed by atoms with E-state index in [0.29, 0.717) is 0 Å². The Morgan fingerprint density at radius 3 is 2.32 bits per heavy atom. The fourth-order valence-electron chi connectivity index (χ4n) is 1.98. The van der Waals surface area contributed by atoms with Crippen molar-refractivity contribution in [3.05, 3.63) is 0 Å². The Morgan fingerprint density at radius 2 is 1.82 bits per heavy atom. The van der Waals surface area contributed by atoms with Crippen molar-refractivity contribution < 1.29 is 50.0 Å². The maximum atomic E-state index is 11.1. The maximum absolute atomic E-state index is 11.1. The van der Waals surface area contributed by atoms with Gasteiger partial charge in [-0.2, -0.15) is 0 Å². The van der Waals surface area contributed by atoms with E-state index in [1.807, 2.05) is 0 Å². The minimum Gasteiger partial charge on any atom is -0.394 e. The van der Waals surface area contributed by atoms with E-state index in [-0.39, 0.29) is 6.61 Å². The molecule has 1 saturated heterocycles. The zero-order chi connectivity index (χ0) is 17.0. The lowest BCUT2D eigenvalue weighted by atomic mass is 10.00. The Morgan fingerprint density at radius 1 is 1.23 bits per heavy atom. The topological polar surface area (TPSA) is 177 Å². The summed E-state index contributed by atoms with van der Waals surface area (Å²) in [5.74, 6) is -0.799. The van der Waals surface area contributed by atoms with Crippen LogP contribution in [0.25, 0.3) is 0 Å². The molecule has 0 aliphatic carbocycles. The van der Waals surface area contributed by atoms with E-state index in [9.17, 15) is 35.4 Å². The molecular weight excluding hydrogens is 304 g/mol. The Balaban J connectivity index is 2.83. The van der Waals surface area contributed by atoms with Gasteiger partial charge in [0.1, 0.15) is 42.7 Å². The number of aliphatic hydroxyl groups is 7. The Hall–Kier alpha value is -0.690. The zero-order valence-electron chi connectivity index (χ0n) is 11.9. The van der Waals surface area contributed by atoms with Crippen molar-refractivity contribution in [2.24, 2.45) is 0 Å². The summed E-state index contributed by atoms with van der Waals surface area (Å²) >= 11 is 0. The fourth-order valence-corrected chi connectivity index (χ4v) is 1.98.